The number of nitrogens with two attached hydrogens (primary N) is 1. The van der Waals surface area contributed by atoms with Gasteiger partial charge < -0.3 is 15.8 Å². The van der Waals surface area contributed by atoms with E-state index in [1.807, 2.05) is 0 Å². The molecular weight excluding hydrogens is 283 g/mol. The Bertz CT molecular complexity index is 470. The predicted octanol–water partition coefficient (Wildman–Crippen LogP) is 2.71. The fourth-order valence-corrected chi connectivity index (χ4v) is 2.53. The Morgan fingerprint density at radius 1 is 1.50 bits per heavy atom. The highest BCUT2D eigenvalue weighted by Gasteiger charge is 2.26. The van der Waals surface area contributed by atoms with Crippen molar-refractivity contribution in [2.75, 3.05) is 12.4 Å². The molecule has 2 atom stereocenters. The van der Waals surface area contributed by atoms with Crippen LogP contribution in [0.5, 0.6) is 5.75 Å². The van der Waals surface area contributed by atoms with E-state index in [9.17, 15) is 9.18 Å². The van der Waals surface area contributed by atoms with Crippen LogP contribution in [0.25, 0.3) is 0 Å². The number of rotatable bonds is 4. The molecule has 4 nitrogen and oxygen atoms in total. The number of halogens is 2. The molecule has 1 aliphatic rings. The number of hydrogen-bond acceptors (Lipinski definition) is 3. The molecule has 0 bridgehead atoms. The van der Waals surface area contributed by atoms with E-state index in [2.05, 4.69) is 5.32 Å². The summed E-state index contributed by atoms with van der Waals surface area (Å²) in [5.41, 5.74) is 6.43. The van der Waals surface area contributed by atoms with E-state index in [1.54, 1.807) is 0 Å². The first-order valence-electron chi connectivity index (χ1n) is 6.49. The Morgan fingerprint density at radius 3 is 2.85 bits per heavy atom. The van der Waals surface area contributed by atoms with Crippen LogP contribution in [-0.2, 0) is 4.79 Å². The summed E-state index contributed by atoms with van der Waals surface area (Å²) in [5.74, 6) is 0.0652. The van der Waals surface area contributed by atoms with Gasteiger partial charge in [-0.2, -0.15) is 0 Å². The second kappa shape index (κ2) is 7.45. The zero-order valence-corrected chi connectivity index (χ0v) is 12.2. The van der Waals surface area contributed by atoms with E-state index in [1.165, 1.54) is 25.3 Å². The molecule has 0 unspecified atom stereocenters. The zero-order chi connectivity index (χ0) is 13.8. The van der Waals surface area contributed by atoms with Gasteiger partial charge in [0, 0.05) is 18.5 Å². The maximum absolute atomic E-state index is 13.0. The van der Waals surface area contributed by atoms with E-state index in [4.69, 9.17) is 10.5 Å². The molecule has 0 heterocycles. The number of methoxy groups -OCH3 is 1. The summed E-state index contributed by atoms with van der Waals surface area (Å²) in [7, 11) is 1.44. The SMILES string of the molecule is COc1cc(F)ccc1NC(=O)C[C@@H]1CCC[C@H]1N.Cl. The monoisotopic (exact) mass is 302 g/mol. The molecule has 6 heteroatoms. The first-order chi connectivity index (χ1) is 9.10. The second-order valence-electron chi connectivity index (χ2n) is 4.95. The number of amides is 1. The molecule has 1 aromatic rings. The minimum absolute atomic E-state index is 0. The molecule has 1 amide bonds. The van der Waals surface area contributed by atoms with Crippen molar-refractivity contribution < 1.29 is 13.9 Å². The predicted molar refractivity (Wildman–Crippen MR) is 78.8 cm³/mol. The van der Waals surface area contributed by atoms with Gasteiger partial charge in [-0.15, -0.1) is 12.4 Å². The number of ether oxygens (including phenoxy) is 1. The molecule has 0 aliphatic heterocycles. The van der Waals surface area contributed by atoms with Crippen molar-refractivity contribution in [2.45, 2.75) is 31.7 Å². The van der Waals surface area contributed by atoms with Crippen molar-refractivity contribution in [1.82, 2.24) is 0 Å². The third-order valence-electron chi connectivity index (χ3n) is 3.60. The van der Waals surface area contributed by atoms with Crippen LogP contribution >= 0.6 is 12.4 Å². The molecule has 20 heavy (non-hydrogen) atoms. The van der Waals surface area contributed by atoms with Gasteiger partial charge in [0.25, 0.3) is 0 Å². The van der Waals surface area contributed by atoms with Crippen molar-refractivity contribution in [3.05, 3.63) is 24.0 Å². The molecule has 1 aromatic carbocycles. The van der Waals surface area contributed by atoms with Crippen molar-refractivity contribution in [3.63, 3.8) is 0 Å². The third kappa shape index (κ3) is 4.08. The first kappa shape index (κ1) is 16.7. The Balaban J connectivity index is 0.00000200. The summed E-state index contributed by atoms with van der Waals surface area (Å²) >= 11 is 0. The minimum atomic E-state index is -0.396. The van der Waals surface area contributed by atoms with E-state index < -0.39 is 5.82 Å². The number of carbonyl (C=O) groups is 1. The van der Waals surface area contributed by atoms with Gasteiger partial charge in [0.05, 0.1) is 12.8 Å². The maximum atomic E-state index is 13.0. The van der Waals surface area contributed by atoms with Gasteiger partial charge >= 0.3 is 0 Å². The zero-order valence-electron chi connectivity index (χ0n) is 11.4. The molecule has 0 saturated heterocycles. The topological polar surface area (TPSA) is 64.3 Å². The molecule has 0 spiro atoms. The summed E-state index contributed by atoms with van der Waals surface area (Å²) in [5, 5.41) is 2.75. The van der Waals surface area contributed by atoms with Gasteiger partial charge in [-0.1, -0.05) is 6.42 Å². The highest BCUT2D eigenvalue weighted by molar-refractivity contribution is 5.92. The Morgan fingerprint density at radius 2 is 2.25 bits per heavy atom. The Labute approximate surface area is 124 Å². The molecule has 3 N–H and O–H groups in total. The third-order valence-corrected chi connectivity index (χ3v) is 3.60. The molecule has 1 aliphatic carbocycles. The van der Waals surface area contributed by atoms with Crippen LogP contribution in [0, 0.1) is 11.7 Å². The van der Waals surface area contributed by atoms with E-state index in [0.29, 0.717) is 17.9 Å². The van der Waals surface area contributed by atoms with Gasteiger partial charge in [0.1, 0.15) is 11.6 Å². The molecule has 2 rings (SSSR count). The maximum Gasteiger partial charge on any atom is 0.224 e. The van der Waals surface area contributed by atoms with Crippen molar-refractivity contribution in [1.29, 1.82) is 0 Å². The number of benzene rings is 1. The lowest BCUT2D eigenvalue weighted by molar-refractivity contribution is -0.117. The van der Waals surface area contributed by atoms with Crippen LogP contribution in [0.2, 0.25) is 0 Å². The van der Waals surface area contributed by atoms with E-state index in [-0.39, 0.29) is 30.3 Å². The fourth-order valence-electron chi connectivity index (χ4n) is 2.53. The van der Waals surface area contributed by atoms with Gasteiger partial charge in [-0.3, -0.25) is 4.79 Å². The fraction of sp³-hybridized carbons (Fsp3) is 0.500. The van der Waals surface area contributed by atoms with Crippen LogP contribution < -0.4 is 15.8 Å². The first-order valence-corrected chi connectivity index (χ1v) is 6.49. The lowest BCUT2D eigenvalue weighted by atomic mass is 10.00. The summed E-state index contributed by atoms with van der Waals surface area (Å²) in [4.78, 5) is 12.0. The summed E-state index contributed by atoms with van der Waals surface area (Å²) in [6.07, 6.45) is 3.47. The highest BCUT2D eigenvalue weighted by atomic mass is 35.5. The highest BCUT2D eigenvalue weighted by Crippen LogP contribution is 2.29. The van der Waals surface area contributed by atoms with Crippen LogP contribution in [-0.4, -0.2) is 19.1 Å². The molecular formula is C14H20ClFN2O2. The summed E-state index contributed by atoms with van der Waals surface area (Å²) in [6.45, 7) is 0. The number of hydrogen-bond donors (Lipinski definition) is 2. The van der Waals surface area contributed by atoms with Gasteiger partial charge in [-0.05, 0) is 30.9 Å². The van der Waals surface area contributed by atoms with E-state index >= 15 is 0 Å². The smallest absolute Gasteiger partial charge is 0.224 e. The van der Waals surface area contributed by atoms with Crippen LogP contribution in [0.3, 0.4) is 0 Å². The normalized spacial score (nSPS) is 21.1. The average Bonchev–Trinajstić information content (AvgIpc) is 2.77. The quantitative estimate of drug-likeness (QED) is 0.899. The van der Waals surface area contributed by atoms with Gasteiger partial charge in [-0.25, -0.2) is 4.39 Å². The van der Waals surface area contributed by atoms with Crippen LogP contribution in [0.1, 0.15) is 25.7 Å². The molecule has 0 aromatic heterocycles. The largest absolute Gasteiger partial charge is 0.494 e. The summed E-state index contributed by atoms with van der Waals surface area (Å²) in [6, 6.07) is 4.15. The number of carbonyl (C=O) groups excluding carboxylic acids is 1. The molecule has 1 fully saturated rings. The Hall–Kier alpha value is -1.33. The number of nitrogens with one attached hydrogen (secondary N) is 1. The lowest BCUT2D eigenvalue weighted by Gasteiger charge is -2.15. The minimum Gasteiger partial charge on any atom is -0.494 e. The van der Waals surface area contributed by atoms with Crippen molar-refractivity contribution in [3.8, 4) is 5.75 Å². The van der Waals surface area contributed by atoms with Gasteiger partial charge in [0.15, 0.2) is 0 Å². The molecule has 1 saturated carbocycles. The van der Waals surface area contributed by atoms with Crippen molar-refractivity contribution in [2.24, 2.45) is 11.7 Å². The van der Waals surface area contributed by atoms with Crippen LogP contribution in [0.15, 0.2) is 18.2 Å². The molecule has 112 valence electrons. The molecule has 0 radical (unpaired) electrons. The summed E-state index contributed by atoms with van der Waals surface area (Å²) < 4.78 is 18.1. The van der Waals surface area contributed by atoms with Crippen molar-refractivity contribution >= 4 is 24.0 Å². The van der Waals surface area contributed by atoms with E-state index in [0.717, 1.165) is 19.3 Å². The standard InChI is InChI=1S/C14H19FN2O2.ClH/c1-19-13-8-10(15)5-6-12(13)17-14(18)7-9-3-2-4-11(9)16;/h5-6,8-9,11H,2-4,7,16H2,1H3,(H,17,18);1H/t9-,11+;/m0./s1. The van der Waals surface area contributed by atoms with Gasteiger partial charge in [0.2, 0.25) is 5.91 Å². The lowest BCUT2D eigenvalue weighted by Crippen LogP contribution is -2.28. The average molecular weight is 303 g/mol. The second-order valence-corrected chi connectivity index (χ2v) is 4.95. The van der Waals surface area contributed by atoms with Crippen LogP contribution in [0.4, 0.5) is 10.1 Å². The number of anilines is 1. The Kier molecular flexibility index (Phi) is 6.23.